The van der Waals surface area contributed by atoms with Crippen LogP contribution in [0.1, 0.15) is 59.8 Å². The predicted molar refractivity (Wildman–Crippen MR) is 65.1 cm³/mol. The van der Waals surface area contributed by atoms with E-state index in [4.69, 9.17) is 0 Å². The Labute approximate surface area is 99.0 Å². The fourth-order valence-electron chi connectivity index (χ4n) is 5.97. The van der Waals surface area contributed by atoms with E-state index in [0.29, 0.717) is 27.9 Å². The summed E-state index contributed by atoms with van der Waals surface area (Å²) in [6.07, 6.45) is 6.28. The van der Waals surface area contributed by atoms with Crippen molar-refractivity contribution in [1.82, 2.24) is 0 Å². The van der Waals surface area contributed by atoms with E-state index in [1.54, 1.807) is 0 Å². The highest BCUT2D eigenvalue weighted by Crippen LogP contribution is 2.88. The molecule has 4 atom stereocenters. The van der Waals surface area contributed by atoms with Crippen molar-refractivity contribution < 1.29 is 4.79 Å². The molecule has 4 unspecified atom stereocenters. The van der Waals surface area contributed by atoms with E-state index in [-0.39, 0.29) is 5.92 Å². The van der Waals surface area contributed by atoms with Gasteiger partial charge < -0.3 is 0 Å². The van der Waals surface area contributed by atoms with Gasteiger partial charge in [-0.1, -0.05) is 40.5 Å². The summed E-state index contributed by atoms with van der Waals surface area (Å²) < 4.78 is 0. The van der Waals surface area contributed by atoms with Crippen LogP contribution in [0.15, 0.2) is 0 Å². The van der Waals surface area contributed by atoms with Gasteiger partial charge in [0.15, 0.2) is 0 Å². The zero-order valence-electron chi connectivity index (χ0n) is 11.1. The first-order valence-electron chi connectivity index (χ1n) is 6.92. The first-order valence-corrected chi connectivity index (χ1v) is 6.92. The summed E-state index contributed by atoms with van der Waals surface area (Å²) in [4.78, 5) is 12.2. The van der Waals surface area contributed by atoms with E-state index in [0.717, 1.165) is 6.42 Å². The highest BCUT2D eigenvalue weighted by atomic mass is 16.1. The van der Waals surface area contributed by atoms with Gasteiger partial charge in [0.1, 0.15) is 5.78 Å². The number of carbonyl (C=O) groups excluding carboxylic acids is 1. The first kappa shape index (κ1) is 10.8. The highest BCUT2D eigenvalue weighted by Gasteiger charge is 2.84. The standard InChI is InChI=1S/C15H24O/c1-10-12(16)9-11-7-5-6-8-15(11)13(2,3)14(10,15)4/h10-11H,5-9H2,1-4H3. The minimum Gasteiger partial charge on any atom is -0.299 e. The monoisotopic (exact) mass is 220 g/mol. The molecule has 0 heterocycles. The van der Waals surface area contributed by atoms with Gasteiger partial charge in [-0.05, 0) is 35.0 Å². The molecule has 0 radical (unpaired) electrons. The summed E-state index contributed by atoms with van der Waals surface area (Å²) in [5.74, 6) is 1.53. The molecule has 0 saturated heterocycles. The summed E-state index contributed by atoms with van der Waals surface area (Å²) in [5.41, 5.74) is 1.18. The molecule has 3 fully saturated rings. The van der Waals surface area contributed by atoms with E-state index in [2.05, 4.69) is 27.7 Å². The Morgan fingerprint density at radius 1 is 1.19 bits per heavy atom. The molecule has 1 heteroatoms. The molecule has 3 rings (SSSR count). The van der Waals surface area contributed by atoms with Crippen molar-refractivity contribution >= 4 is 5.78 Å². The first-order chi connectivity index (χ1) is 7.39. The van der Waals surface area contributed by atoms with Gasteiger partial charge in [0.2, 0.25) is 0 Å². The lowest BCUT2D eigenvalue weighted by Crippen LogP contribution is -2.39. The largest absolute Gasteiger partial charge is 0.299 e. The average Bonchev–Trinajstić information content (AvgIpc) is 2.63. The minimum absolute atomic E-state index is 0.289. The SMILES string of the molecule is CC1C(=O)CC2CCCCC23C(C)(C)C13C. The molecule has 0 aliphatic heterocycles. The third-order valence-electron chi connectivity index (χ3n) is 7.15. The van der Waals surface area contributed by atoms with Crippen molar-refractivity contribution in [2.45, 2.75) is 59.8 Å². The van der Waals surface area contributed by atoms with Crippen LogP contribution in [0.25, 0.3) is 0 Å². The average molecular weight is 220 g/mol. The minimum atomic E-state index is 0.289. The summed E-state index contributed by atoms with van der Waals surface area (Å²) in [5, 5.41) is 0. The van der Waals surface area contributed by atoms with Crippen LogP contribution in [0.5, 0.6) is 0 Å². The maximum Gasteiger partial charge on any atom is 0.136 e. The summed E-state index contributed by atoms with van der Waals surface area (Å²) in [6, 6.07) is 0. The quantitative estimate of drug-likeness (QED) is 0.606. The zero-order valence-corrected chi connectivity index (χ0v) is 11.1. The Morgan fingerprint density at radius 3 is 2.56 bits per heavy atom. The van der Waals surface area contributed by atoms with Gasteiger partial charge >= 0.3 is 0 Å². The molecule has 0 amide bonds. The molecule has 1 nitrogen and oxygen atoms in total. The highest BCUT2D eigenvalue weighted by molar-refractivity contribution is 5.84. The smallest absolute Gasteiger partial charge is 0.136 e. The maximum atomic E-state index is 12.2. The van der Waals surface area contributed by atoms with Crippen molar-refractivity contribution in [3.63, 3.8) is 0 Å². The molecular formula is C15H24O. The third-order valence-corrected chi connectivity index (χ3v) is 7.15. The molecular weight excluding hydrogens is 196 g/mol. The molecule has 0 bridgehead atoms. The van der Waals surface area contributed by atoms with Gasteiger partial charge in [0.25, 0.3) is 0 Å². The van der Waals surface area contributed by atoms with Crippen LogP contribution < -0.4 is 0 Å². The molecule has 1 spiro atoms. The van der Waals surface area contributed by atoms with Gasteiger partial charge in [0.05, 0.1) is 0 Å². The number of rotatable bonds is 0. The van der Waals surface area contributed by atoms with Gasteiger partial charge in [-0.15, -0.1) is 0 Å². The molecule has 3 saturated carbocycles. The van der Waals surface area contributed by atoms with Gasteiger partial charge in [-0.3, -0.25) is 4.79 Å². The fraction of sp³-hybridized carbons (Fsp3) is 0.933. The van der Waals surface area contributed by atoms with Crippen LogP contribution in [0.3, 0.4) is 0 Å². The van der Waals surface area contributed by atoms with Crippen LogP contribution in [0, 0.1) is 28.1 Å². The van der Waals surface area contributed by atoms with E-state index in [1.165, 1.54) is 25.7 Å². The molecule has 90 valence electrons. The van der Waals surface area contributed by atoms with Crippen LogP contribution in [0.2, 0.25) is 0 Å². The Kier molecular flexibility index (Phi) is 1.85. The van der Waals surface area contributed by atoms with Crippen molar-refractivity contribution in [2.24, 2.45) is 28.1 Å². The summed E-state index contributed by atoms with van der Waals surface area (Å²) >= 11 is 0. The summed E-state index contributed by atoms with van der Waals surface area (Å²) in [6.45, 7) is 9.41. The van der Waals surface area contributed by atoms with E-state index >= 15 is 0 Å². The second kappa shape index (κ2) is 2.73. The van der Waals surface area contributed by atoms with Crippen molar-refractivity contribution in [3.05, 3.63) is 0 Å². The topological polar surface area (TPSA) is 17.1 Å². The maximum absolute atomic E-state index is 12.2. The van der Waals surface area contributed by atoms with E-state index < -0.39 is 0 Å². The number of Topliss-reactive ketones (excluding diaryl/α,β-unsaturated/α-hetero) is 1. The predicted octanol–water partition coefficient (Wildman–Crippen LogP) is 3.82. The van der Waals surface area contributed by atoms with E-state index in [1.807, 2.05) is 0 Å². The second-order valence-corrected chi connectivity index (χ2v) is 7.13. The molecule has 16 heavy (non-hydrogen) atoms. The lowest BCUT2D eigenvalue weighted by atomic mass is 9.62. The van der Waals surface area contributed by atoms with Crippen molar-refractivity contribution in [2.75, 3.05) is 0 Å². The van der Waals surface area contributed by atoms with Gasteiger partial charge in [0, 0.05) is 12.3 Å². The number of carbonyl (C=O) groups is 1. The molecule has 0 aromatic rings. The number of hydrogen-bond donors (Lipinski definition) is 0. The van der Waals surface area contributed by atoms with E-state index in [9.17, 15) is 4.79 Å². The van der Waals surface area contributed by atoms with Gasteiger partial charge in [-0.2, -0.15) is 0 Å². The van der Waals surface area contributed by atoms with Crippen molar-refractivity contribution in [3.8, 4) is 0 Å². The molecule has 0 aromatic carbocycles. The normalized spacial score (nSPS) is 54.1. The fourth-order valence-corrected chi connectivity index (χ4v) is 5.97. The van der Waals surface area contributed by atoms with Crippen molar-refractivity contribution in [1.29, 1.82) is 0 Å². The van der Waals surface area contributed by atoms with Crippen LogP contribution >= 0.6 is 0 Å². The molecule has 3 aliphatic carbocycles. The van der Waals surface area contributed by atoms with Crippen LogP contribution in [-0.4, -0.2) is 5.78 Å². The Balaban J connectivity index is 2.10. The summed E-state index contributed by atoms with van der Waals surface area (Å²) in [7, 11) is 0. The Bertz CT molecular complexity index is 356. The number of hydrogen-bond acceptors (Lipinski definition) is 1. The Hall–Kier alpha value is -0.330. The van der Waals surface area contributed by atoms with Gasteiger partial charge in [-0.25, -0.2) is 0 Å². The Morgan fingerprint density at radius 2 is 1.88 bits per heavy atom. The zero-order chi connectivity index (χ0) is 11.8. The lowest BCUT2D eigenvalue weighted by molar-refractivity contribution is -0.130. The number of ketones is 1. The molecule has 0 aromatic heterocycles. The second-order valence-electron chi connectivity index (χ2n) is 7.13. The van der Waals surface area contributed by atoms with Crippen LogP contribution in [0.4, 0.5) is 0 Å². The van der Waals surface area contributed by atoms with Crippen LogP contribution in [-0.2, 0) is 4.79 Å². The third kappa shape index (κ3) is 0.791. The lowest BCUT2D eigenvalue weighted by Gasteiger charge is -2.42. The molecule has 0 N–H and O–H groups in total. The molecule has 3 aliphatic rings.